The van der Waals surface area contributed by atoms with Gasteiger partial charge in [0.05, 0.1) is 19.3 Å². The summed E-state index contributed by atoms with van der Waals surface area (Å²) in [5, 5.41) is 2.75. The molecular weight excluding hydrogens is 256 g/mol. The van der Waals surface area contributed by atoms with Crippen molar-refractivity contribution in [2.75, 3.05) is 32.8 Å². The number of hydrogen-bond donors (Lipinski definition) is 3. The molecule has 0 unspecified atom stereocenters. The molecule has 0 radical (unpaired) electrons. The number of amides is 1. The molecule has 1 saturated heterocycles. The standard InChI is InChI=1S/C11H18N2O2S2/c1-2-3-4-13-5-6-15-9(8-13)7-12-10(14)11(16)17/h9,11,16-17H,4-8H2,1H3,(H,12,14)/t9-/m0/s1. The zero-order valence-corrected chi connectivity index (χ0v) is 11.6. The summed E-state index contributed by atoms with van der Waals surface area (Å²) in [5.41, 5.74) is 0. The topological polar surface area (TPSA) is 41.6 Å². The first-order chi connectivity index (χ1) is 8.13. The molecule has 4 nitrogen and oxygen atoms in total. The van der Waals surface area contributed by atoms with Gasteiger partial charge in [0, 0.05) is 19.6 Å². The first-order valence-electron chi connectivity index (χ1n) is 5.51. The minimum absolute atomic E-state index is 0.0202. The van der Waals surface area contributed by atoms with Crippen LogP contribution in [0.4, 0.5) is 0 Å². The van der Waals surface area contributed by atoms with Crippen molar-refractivity contribution in [2.45, 2.75) is 17.6 Å². The highest BCUT2D eigenvalue weighted by Gasteiger charge is 2.20. The van der Waals surface area contributed by atoms with E-state index < -0.39 is 4.58 Å². The van der Waals surface area contributed by atoms with Gasteiger partial charge in [0.15, 0.2) is 0 Å². The van der Waals surface area contributed by atoms with Crippen LogP contribution in [0, 0.1) is 11.8 Å². The first-order valence-corrected chi connectivity index (χ1v) is 6.54. The zero-order chi connectivity index (χ0) is 12.7. The molecule has 0 saturated carbocycles. The number of hydrogen-bond acceptors (Lipinski definition) is 5. The Balaban J connectivity index is 2.28. The summed E-state index contributed by atoms with van der Waals surface area (Å²) >= 11 is 7.87. The van der Waals surface area contributed by atoms with E-state index in [-0.39, 0.29) is 12.0 Å². The summed E-state index contributed by atoms with van der Waals surface area (Å²) in [5.74, 6) is 5.71. The molecule has 0 bridgehead atoms. The third-order valence-electron chi connectivity index (χ3n) is 2.44. The average molecular weight is 274 g/mol. The van der Waals surface area contributed by atoms with Crippen LogP contribution in [-0.2, 0) is 9.53 Å². The molecule has 0 aromatic carbocycles. The molecular formula is C11H18N2O2S2. The van der Waals surface area contributed by atoms with Gasteiger partial charge in [-0.1, -0.05) is 5.92 Å². The van der Waals surface area contributed by atoms with Crippen molar-refractivity contribution >= 4 is 31.2 Å². The molecule has 1 aliphatic rings. The Kier molecular flexibility index (Phi) is 6.82. The Morgan fingerprint density at radius 3 is 3.06 bits per heavy atom. The lowest BCUT2D eigenvalue weighted by atomic mass is 10.2. The van der Waals surface area contributed by atoms with Crippen LogP contribution in [0.5, 0.6) is 0 Å². The Morgan fingerprint density at radius 1 is 1.65 bits per heavy atom. The minimum atomic E-state index is -0.583. The van der Waals surface area contributed by atoms with Crippen molar-refractivity contribution < 1.29 is 9.53 Å². The van der Waals surface area contributed by atoms with E-state index in [0.29, 0.717) is 13.2 Å². The van der Waals surface area contributed by atoms with Gasteiger partial charge < -0.3 is 10.1 Å². The van der Waals surface area contributed by atoms with E-state index in [1.54, 1.807) is 0 Å². The zero-order valence-electron chi connectivity index (χ0n) is 9.85. The SMILES string of the molecule is CC#CCN1CCO[C@@H](CNC(=O)C(S)S)C1. The second kappa shape index (κ2) is 7.88. The smallest absolute Gasteiger partial charge is 0.242 e. The van der Waals surface area contributed by atoms with Crippen LogP contribution in [0.2, 0.25) is 0 Å². The maximum Gasteiger partial charge on any atom is 0.242 e. The van der Waals surface area contributed by atoms with Gasteiger partial charge in [0.2, 0.25) is 5.91 Å². The maximum atomic E-state index is 11.3. The third kappa shape index (κ3) is 5.68. The molecule has 1 aliphatic heterocycles. The molecule has 1 rings (SSSR count). The van der Waals surface area contributed by atoms with Crippen LogP contribution in [0.15, 0.2) is 0 Å². The quantitative estimate of drug-likeness (QED) is 0.384. The van der Waals surface area contributed by atoms with Gasteiger partial charge in [0.1, 0.15) is 4.58 Å². The number of rotatable bonds is 4. The molecule has 0 aromatic heterocycles. The Labute approximate surface area is 113 Å². The monoisotopic (exact) mass is 274 g/mol. The molecule has 1 fully saturated rings. The number of morpholine rings is 1. The Morgan fingerprint density at radius 2 is 2.41 bits per heavy atom. The summed E-state index contributed by atoms with van der Waals surface area (Å²) in [6, 6.07) is 0. The van der Waals surface area contributed by atoms with Crippen LogP contribution in [-0.4, -0.2) is 54.3 Å². The van der Waals surface area contributed by atoms with Crippen molar-refractivity contribution in [1.29, 1.82) is 0 Å². The lowest BCUT2D eigenvalue weighted by molar-refractivity contribution is -0.120. The van der Waals surface area contributed by atoms with E-state index in [4.69, 9.17) is 4.74 Å². The molecule has 1 heterocycles. The molecule has 1 N–H and O–H groups in total. The highest BCUT2D eigenvalue weighted by atomic mass is 32.2. The predicted octanol–water partition coefficient (Wildman–Crippen LogP) is 0.0124. The fraction of sp³-hybridized carbons (Fsp3) is 0.727. The normalized spacial score (nSPS) is 20.8. The van der Waals surface area contributed by atoms with Gasteiger partial charge in [-0.3, -0.25) is 9.69 Å². The molecule has 0 aliphatic carbocycles. The summed E-state index contributed by atoms with van der Waals surface area (Å²) in [6.45, 7) is 5.44. The van der Waals surface area contributed by atoms with Gasteiger partial charge in [-0.2, -0.15) is 25.3 Å². The second-order valence-corrected chi connectivity index (χ2v) is 5.21. The lowest BCUT2D eigenvalue weighted by Gasteiger charge is -2.31. The van der Waals surface area contributed by atoms with E-state index in [1.165, 1.54) is 0 Å². The van der Waals surface area contributed by atoms with Gasteiger partial charge in [-0.05, 0) is 6.92 Å². The highest BCUT2D eigenvalue weighted by molar-refractivity contribution is 8.00. The van der Waals surface area contributed by atoms with Crippen molar-refractivity contribution in [3.05, 3.63) is 0 Å². The van der Waals surface area contributed by atoms with E-state index >= 15 is 0 Å². The first kappa shape index (κ1) is 14.7. The van der Waals surface area contributed by atoms with Gasteiger partial charge in [0.25, 0.3) is 0 Å². The average Bonchev–Trinajstić information content (AvgIpc) is 2.33. The van der Waals surface area contributed by atoms with E-state index in [1.807, 2.05) is 6.92 Å². The van der Waals surface area contributed by atoms with Crippen LogP contribution in [0.25, 0.3) is 0 Å². The number of ether oxygens (including phenoxy) is 1. The lowest BCUT2D eigenvalue weighted by Crippen LogP contribution is -2.48. The number of carbonyl (C=O) groups is 1. The summed E-state index contributed by atoms with van der Waals surface area (Å²) in [4.78, 5) is 13.5. The molecule has 1 amide bonds. The van der Waals surface area contributed by atoms with Crippen LogP contribution in [0.1, 0.15) is 6.92 Å². The fourth-order valence-electron chi connectivity index (χ4n) is 1.54. The highest BCUT2D eigenvalue weighted by Crippen LogP contribution is 2.05. The van der Waals surface area contributed by atoms with Crippen molar-refractivity contribution in [1.82, 2.24) is 10.2 Å². The minimum Gasteiger partial charge on any atom is -0.374 e. The Hall–Kier alpha value is -0.350. The molecule has 6 heteroatoms. The molecule has 96 valence electrons. The number of thiol groups is 2. The maximum absolute atomic E-state index is 11.3. The largest absolute Gasteiger partial charge is 0.374 e. The predicted molar refractivity (Wildman–Crippen MR) is 74.4 cm³/mol. The summed E-state index contributed by atoms with van der Waals surface area (Å²) in [6.07, 6.45) is 0.0202. The summed E-state index contributed by atoms with van der Waals surface area (Å²) in [7, 11) is 0. The van der Waals surface area contributed by atoms with Crippen molar-refractivity contribution in [2.24, 2.45) is 0 Å². The third-order valence-corrected chi connectivity index (χ3v) is 2.91. The van der Waals surface area contributed by atoms with Crippen LogP contribution >= 0.6 is 25.3 Å². The van der Waals surface area contributed by atoms with Gasteiger partial charge >= 0.3 is 0 Å². The van der Waals surface area contributed by atoms with Crippen molar-refractivity contribution in [3.63, 3.8) is 0 Å². The second-order valence-electron chi connectivity index (χ2n) is 3.77. The molecule has 1 atom stereocenters. The van der Waals surface area contributed by atoms with Gasteiger partial charge in [-0.15, -0.1) is 5.92 Å². The molecule has 0 aromatic rings. The van der Waals surface area contributed by atoms with Crippen LogP contribution < -0.4 is 5.32 Å². The van der Waals surface area contributed by atoms with E-state index in [2.05, 4.69) is 47.3 Å². The fourth-order valence-corrected chi connectivity index (χ4v) is 1.73. The molecule has 17 heavy (non-hydrogen) atoms. The van der Waals surface area contributed by atoms with E-state index in [9.17, 15) is 4.79 Å². The Bertz CT molecular complexity index is 312. The number of nitrogens with zero attached hydrogens (tertiary/aromatic N) is 1. The van der Waals surface area contributed by atoms with Gasteiger partial charge in [-0.25, -0.2) is 0 Å². The number of carbonyl (C=O) groups excluding carboxylic acids is 1. The number of nitrogens with one attached hydrogen (secondary N) is 1. The molecule has 0 spiro atoms. The summed E-state index contributed by atoms with van der Waals surface area (Å²) < 4.78 is 4.98. The van der Waals surface area contributed by atoms with Crippen LogP contribution in [0.3, 0.4) is 0 Å². The van der Waals surface area contributed by atoms with Crippen molar-refractivity contribution in [3.8, 4) is 11.8 Å². The van der Waals surface area contributed by atoms with E-state index in [0.717, 1.165) is 19.6 Å².